The number of amides is 4. The lowest BCUT2D eigenvalue weighted by Crippen LogP contribution is -2.64. The van der Waals surface area contributed by atoms with Crippen LogP contribution in [-0.2, 0) is 28.8 Å². The number of carboxylic acid groups (broad SMARTS) is 1. The second kappa shape index (κ2) is 9.85. The van der Waals surface area contributed by atoms with Crippen LogP contribution in [-0.4, -0.2) is 87.5 Å². The molecule has 0 bridgehead atoms. The van der Waals surface area contributed by atoms with Crippen LogP contribution < -0.4 is 10.6 Å². The molecule has 3 rings (SSSR count). The molecule has 1 unspecified atom stereocenters. The van der Waals surface area contributed by atoms with Crippen molar-refractivity contribution in [2.75, 3.05) is 13.1 Å². The van der Waals surface area contributed by atoms with E-state index in [0.29, 0.717) is 12.7 Å². The van der Waals surface area contributed by atoms with Crippen LogP contribution in [0.25, 0.3) is 0 Å². The maximum atomic E-state index is 13.2. The molecule has 31 heavy (non-hydrogen) atoms. The number of hydrazine groups is 1. The molecule has 13 nitrogen and oxygen atoms in total. The lowest BCUT2D eigenvalue weighted by atomic mass is 10.0. The third-order valence-corrected chi connectivity index (χ3v) is 5.97. The minimum Gasteiger partial charge on any atom is -0.481 e. The fourth-order valence-corrected chi connectivity index (χ4v) is 4.18. The lowest BCUT2D eigenvalue weighted by Gasteiger charge is -2.43. The number of nitrogens with zero attached hydrogens (tertiary/aromatic N) is 4. The first-order valence-corrected chi connectivity index (χ1v) is 10.6. The number of fused-ring (bicyclic) bond motifs is 1. The Hall–Kier alpha value is -3.03. The standard InChI is InChI=1S/C17H22N6O7S/c24-8-9(6-14(26)27)19-15(28)11-2-1-5-22-13(25)4-3-10(17(30)23(11)22)20-16(29)12-7-18-21-31-12/h8-12H,1-7H2,(H,19,28)(H,20,29)(H,26,27)/t9-,10-,11-,12?/m0/s1. The Morgan fingerprint density at radius 1 is 1.26 bits per heavy atom. The van der Waals surface area contributed by atoms with Crippen LogP contribution in [0, 0.1) is 0 Å². The molecule has 4 amide bonds. The van der Waals surface area contributed by atoms with Gasteiger partial charge < -0.3 is 20.5 Å². The molecule has 2 saturated heterocycles. The molecular formula is C17H22N6O7S. The third-order valence-electron chi connectivity index (χ3n) is 5.14. The molecule has 0 aromatic rings. The summed E-state index contributed by atoms with van der Waals surface area (Å²) in [4.78, 5) is 73.0. The number of carbonyl (C=O) groups excluding carboxylic acids is 5. The van der Waals surface area contributed by atoms with Gasteiger partial charge in [-0.3, -0.25) is 29.0 Å². The molecule has 0 aromatic heterocycles. The van der Waals surface area contributed by atoms with E-state index in [1.54, 1.807) is 0 Å². The van der Waals surface area contributed by atoms with Gasteiger partial charge >= 0.3 is 5.97 Å². The summed E-state index contributed by atoms with van der Waals surface area (Å²) in [7, 11) is 0. The third kappa shape index (κ3) is 5.18. The Bertz CT molecular complexity index is 813. The summed E-state index contributed by atoms with van der Waals surface area (Å²) in [5.74, 6) is -3.42. The number of hydrogen-bond acceptors (Lipinski definition) is 9. The summed E-state index contributed by atoms with van der Waals surface area (Å²) in [6.45, 7) is 0.422. The van der Waals surface area contributed by atoms with Gasteiger partial charge in [-0.05, 0) is 19.3 Å². The van der Waals surface area contributed by atoms with Crippen molar-refractivity contribution < 1.29 is 33.9 Å². The topological polar surface area (TPSA) is 178 Å². The van der Waals surface area contributed by atoms with Gasteiger partial charge in [-0.25, -0.2) is 5.01 Å². The van der Waals surface area contributed by atoms with Crippen LogP contribution in [0.3, 0.4) is 0 Å². The minimum absolute atomic E-state index is 0.00403. The molecule has 2 fully saturated rings. The van der Waals surface area contributed by atoms with E-state index in [-0.39, 0.29) is 38.3 Å². The van der Waals surface area contributed by atoms with Crippen LogP contribution in [0.5, 0.6) is 0 Å². The minimum atomic E-state index is -1.27. The monoisotopic (exact) mass is 454 g/mol. The average molecular weight is 454 g/mol. The van der Waals surface area contributed by atoms with Gasteiger partial charge in [0.15, 0.2) is 0 Å². The lowest BCUT2D eigenvalue weighted by molar-refractivity contribution is -0.176. The van der Waals surface area contributed by atoms with Crippen molar-refractivity contribution in [3.8, 4) is 0 Å². The predicted octanol–water partition coefficient (Wildman–Crippen LogP) is -1.36. The number of hydrogen-bond donors (Lipinski definition) is 3. The number of nitrogens with one attached hydrogen (secondary N) is 2. The molecular weight excluding hydrogens is 432 g/mol. The number of aldehydes is 1. The summed E-state index contributed by atoms with van der Waals surface area (Å²) >= 11 is 0.987. The van der Waals surface area contributed by atoms with E-state index in [2.05, 4.69) is 20.3 Å². The molecule has 3 aliphatic rings. The molecule has 0 saturated carbocycles. The summed E-state index contributed by atoms with van der Waals surface area (Å²) in [6, 6.07) is -3.39. The Kier molecular flexibility index (Phi) is 7.20. The molecule has 3 heterocycles. The molecule has 14 heteroatoms. The van der Waals surface area contributed by atoms with E-state index in [9.17, 15) is 28.8 Å². The zero-order valence-electron chi connectivity index (χ0n) is 16.4. The molecule has 3 aliphatic heterocycles. The molecule has 3 N–H and O–H groups in total. The fourth-order valence-electron chi connectivity index (χ4n) is 3.63. The first kappa shape index (κ1) is 22.7. The van der Waals surface area contributed by atoms with E-state index in [1.807, 2.05) is 0 Å². The molecule has 0 aliphatic carbocycles. The van der Waals surface area contributed by atoms with Gasteiger partial charge in [0.25, 0.3) is 5.91 Å². The highest BCUT2D eigenvalue weighted by Gasteiger charge is 2.45. The van der Waals surface area contributed by atoms with Crippen molar-refractivity contribution in [2.45, 2.75) is 55.5 Å². The van der Waals surface area contributed by atoms with Crippen molar-refractivity contribution in [3.05, 3.63) is 0 Å². The van der Waals surface area contributed by atoms with Gasteiger partial charge in [0.1, 0.15) is 23.6 Å². The Morgan fingerprint density at radius 3 is 2.68 bits per heavy atom. The highest BCUT2D eigenvalue weighted by molar-refractivity contribution is 7.99. The van der Waals surface area contributed by atoms with Crippen LogP contribution in [0.15, 0.2) is 9.63 Å². The number of carbonyl (C=O) groups is 6. The average Bonchev–Trinajstić information content (AvgIpc) is 3.25. The number of rotatable bonds is 7. The Labute approximate surface area is 181 Å². The Morgan fingerprint density at radius 2 is 2.03 bits per heavy atom. The van der Waals surface area contributed by atoms with Gasteiger partial charge in [0.05, 0.1) is 19.0 Å². The van der Waals surface area contributed by atoms with Crippen molar-refractivity contribution in [1.29, 1.82) is 0 Å². The fraction of sp³-hybridized carbons (Fsp3) is 0.647. The first-order valence-electron chi connectivity index (χ1n) is 9.75. The highest BCUT2D eigenvalue weighted by atomic mass is 32.2. The summed E-state index contributed by atoms with van der Waals surface area (Å²) < 4.78 is 3.69. The first-order chi connectivity index (χ1) is 14.8. The van der Waals surface area contributed by atoms with Crippen molar-refractivity contribution >= 4 is 47.8 Å². The SMILES string of the molecule is O=C[C@H](CC(=O)O)NC(=O)[C@@H]1CCCN2C(=O)CC[C@H](NC(=O)C3CN=NS3)C(=O)N12. The normalized spacial score (nSPS) is 26.6. The van der Waals surface area contributed by atoms with Crippen LogP contribution in [0.2, 0.25) is 0 Å². The predicted molar refractivity (Wildman–Crippen MR) is 104 cm³/mol. The maximum Gasteiger partial charge on any atom is 0.305 e. The molecule has 0 aromatic carbocycles. The zero-order valence-corrected chi connectivity index (χ0v) is 17.2. The van der Waals surface area contributed by atoms with Crippen molar-refractivity contribution in [2.24, 2.45) is 9.63 Å². The Balaban J connectivity index is 1.77. The van der Waals surface area contributed by atoms with E-state index < -0.39 is 53.5 Å². The zero-order chi connectivity index (χ0) is 22.5. The summed E-state index contributed by atoms with van der Waals surface area (Å²) in [6.07, 6.45) is 0.442. The van der Waals surface area contributed by atoms with E-state index in [0.717, 1.165) is 17.0 Å². The molecule has 4 atom stereocenters. The van der Waals surface area contributed by atoms with Crippen molar-refractivity contribution in [1.82, 2.24) is 20.7 Å². The molecule has 168 valence electrons. The van der Waals surface area contributed by atoms with Gasteiger partial charge in [0.2, 0.25) is 17.7 Å². The van der Waals surface area contributed by atoms with Crippen LogP contribution >= 0.6 is 11.9 Å². The van der Waals surface area contributed by atoms with Gasteiger partial charge in [-0.15, -0.1) is 4.52 Å². The quantitative estimate of drug-likeness (QED) is 0.312. The largest absolute Gasteiger partial charge is 0.481 e. The maximum absolute atomic E-state index is 13.2. The van der Waals surface area contributed by atoms with E-state index in [1.165, 1.54) is 5.01 Å². The van der Waals surface area contributed by atoms with Gasteiger partial charge in [-0.1, -0.05) is 0 Å². The second-order valence-corrected chi connectivity index (χ2v) is 8.25. The number of aliphatic carboxylic acids is 1. The number of carboxylic acids is 1. The van der Waals surface area contributed by atoms with Crippen molar-refractivity contribution in [3.63, 3.8) is 0 Å². The van der Waals surface area contributed by atoms with Crippen LogP contribution in [0.1, 0.15) is 32.1 Å². The summed E-state index contributed by atoms with van der Waals surface area (Å²) in [5, 5.41) is 19.2. The van der Waals surface area contributed by atoms with Gasteiger partial charge in [0, 0.05) is 24.9 Å². The van der Waals surface area contributed by atoms with Gasteiger partial charge in [-0.2, -0.15) is 5.11 Å². The summed E-state index contributed by atoms with van der Waals surface area (Å²) in [5.41, 5.74) is 0. The van der Waals surface area contributed by atoms with E-state index >= 15 is 0 Å². The van der Waals surface area contributed by atoms with E-state index in [4.69, 9.17) is 5.11 Å². The molecule has 0 spiro atoms. The van der Waals surface area contributed by atoms with Crippen LogP contribution in [0.4, 0.5) is 0 Å². The smallest absolute Gasteiger partial charge is 0.305 e. The highest BCUT2D eigenvalue weighted by Crippen LogP contribution is 2.26. The molecule has 0 radical (unpaired) electrons. The second-order valence-electron chi connectivity index (χ2n) is 7.31.